The number of carbonyl (C=O) groups is 4. The van der Waals surface area contributed by atoms with Gasteiger partial charge in [-0.1, -0.05) is 32.6 Å². The Morgan fingerprint density at radius 1 is 0.692 bits per heavy atom. The van der Waals surface area contributed by atoms with Gasteiger partial charge in [0.2, 0.25) is 5.91 Å². The van der Waals surface area contributed by atoms with Crippen molar-refractivity contribution in [1.82, 2.24) is 5.32 Å². The summed E-state index contributed by atoms with van der Waals surface area (Å²) in [6.07, 6.45) is 4.30. The summed E-state index contributed by atoms with van der Waals surface area (Å²) in [7, 11) is 0. The van der Waals surface area contributed by atoms with E-state index in [1.54, 1.807) is 0 Å². The summed E-state index contributed by atoms with van der Waals surface area (Å²) in [4.78, 5) is 45.1. The molecule has 0 unspecified atom stereocenters. The second-order valence-electron chi connectivity index (χ2n) is 6.67. The number of unbranched alkanes of at least 4 members (excludes halogenated alkanes) is 4. The first-order chi connectivity index (χ1) is 12.2. The van der Waals surface area contributed by atoms with Crippen molar-refractivity contribution < 1.29 is 34.5 Å². The van der Waals surface area contributed by atoms with Crippen LogP contribution >= 0.6 is 0 Å². The maximum Gasteiger partial charge on any atom is 0.303 e. The van der Waals surface area contributed by atoms with Gasteiger partial charge in [-0.25, -0.2) is 0 Å². The lowest BCUT2D eigenvalue weighted by Crippen LogP contribution is -2.49. The van der Waals surface area contributed by atoms with E-state index in [0.717, 1.165) is 25.7 Å². The van der Waals surface area contributed by atoms with Crippen LogP contribution in [0, 0.1) is 0 Å². The van der Waals surface area contributed by atoms with Gasteiger partial charge in [0.05, 0.1) is 0 Å². The molecule has 0 rings (SSSR count). The first-order valence-electron chi connectivity index (χ1n) is 9.17. The van der Waals surface area contributed by atoms with Crippen molar-refractivity contribution in [2.45, 2.75) is 89.5 Å². The zero-order chi connectivity index (χ0) is 20.0. The van der Waals surface area contributed by atoms with Crippen molar-refractivity contribution >= 4 is 23.8 Å². The third kappa shape index (κ3) is 12.3. The van der Waals surface area contributed by atoms with Crippen LogP contribution in [-0.2, 0) is 19.2 Å². The third-order valence-corrected chi connectivity index (χ3v) is 4.36. The van der Waals surface area contributed by atoms with E-state index in [2.05, 4.69) is 12.2 Å². The van der Waals surface area contributed by atoms with E-state index < -0.39 is 23.4 Å². The van der Waals surface area contributed by atoms with Crippen molar-refractivity contribution in [1.29, 1.82) is 0 Å². The zero-order valence-corrected chi connectivity index (χ0v) is 15.5. The monoisotopic (exact) mass is 373 g/mol. The van der Waals surface area contributed by atoms with Gasteiger partial charge in [0.15, 0.2) is 0 Å². The van der Waals surface area contributed by atoms with Crippen LogP contribution in [0.2, 0.25) is 0 Å². The molecule has 0 saturated carbocycles. The number of rotatable bonds is 16. The van der Waals surface area contributed by atoms with Crippen molar-refractivity contribution in [3.63, 3.8) is 0 Å². The fourth-order valence-corrected chi connectivity index (χ4v) is 2.85. The summed E-state index contributed by atoms with van der Waals surface area (Å²) in [5, 5.41) is 29.6. The number of amides is 1. The highest BCUT2D eigenvalue weighted by Crippen LogP contribution is 2.26. The van der Waals surface area contributed by atoms with Gasteiger partial charge in [0.1, 0.15) is 0 Å². The number of carboxylic acid groups (broad SMARTS) is 3. The Morgan fingerprint density at radius 3 is 1.50 bits per heavy atom. The molecular formula is C18H31NO7. The molecule has 0 aliphatic rings. The number of nitrogens with one attached hydrogen (secondary N) is 1. The van der Waals surface area contributed by atoms with E-state index in [4.69, 9.17) is 15.3 Å². The van der Waals surface area contributed by atoms with Gasteiger partial charge in [0.25, 0.3) is 0 Å². The molecule has 0 aliphatic carbocycles. The summed E-state index contributed by atoms with van der Waals surface area (Å²) in [5.41, 5.74) is -1.13. The van der Waals surface area contributed by atoms with Crippen LogP contribution < -0.4 is 5.32 Å². The Balaban J connectivity index is 4.96. The molecule has 8 nitrogen and oxygen atoms in total. The summed E-state index contributed by atoms with van der Waals surface area (Å²) in [6, 6.07) is 0. The highest BCUT2D eigenvalue weighted by molar-refractivity contribution is 5.77. The van der Waals surface area contributed by atoms with Crippen LogP contribution in [0.3, 0.4) is 0 Å². The summed E-state index contributed by atoms with van der Waals surface area (Å²) in [6.45, 7) is 2.09. The smallest absolute Gasteiger partial charge is 0.303 e. The van der Waals surface area contributed by atoms with Gasteiger partial charge >= 0.3 is 17.9 Å². The second kappa shape index (κ2) is 13.1. The molecule has 0 radical (unpaired) electrons. The van der Waals surface area contributed by atoms with Crippen molar-refractivity contribution in [3.8, 4) is 0 Å². The highest BCUT2D eigenvalue weighted by atomic mass is 16.4. The topological polar surface area (TPSA) is 141 Å². The molecule has 0 saturated heterocycles. The number of carboxylic acids is 3. The first kappa shape index (κ1) is 23.9. The molecule has 0 heterocycles. The number of aliphatic carboxylic acids is 3. The Kier molecular flexibility index (Phi) is 12.1. The molecule has 150 valence electrons. The summed E-state index contributed by atoms with van der Waals surface area (Å²) < 4.78 is 0. The maximum atomic E-state index is 12.3. The summed E-state index contributed by atoms with van der Waals surface area (Å²) >= 11 is 0. The standard InChI is InChI=1S/C18H31NO7/c1-2-3-4-5-6-7-14(20)19-18(11-8-15(21)22,12-9-16(23)24)13-10-17(25)26/h2-13H2,1H3,(H,19,20)(H,21,22)(H,23,24)(H,25,26). The summed E-state index contributed by atoms with van der Waals surface area (Å²) in [5.74, 6) is -3.51. The van der Waals surface area contributed by atoms with Crippen LogP contribution in [0.4, 0.5) is 0 Å². The van der Waals surface area contributed by atoms with Crippen LogP contribution in [0.25, 0.3) is 0 Å². The van der Waals surface area contributed by atoms with Crippen molar-refractivity contribution in [3.05, 3.63) is 0 Å². The number of hydrogen-bond acceptors (Lipinski definition) is 4. The molecule has 0 aromatic heterocycles. The van der Waals surface area contributed by atoms with E-state index in [0.29, 0.717) is 6.42 Å². The van der Waals surface area contributed by atoms with Gasteiger partial charge in [-0.15, -0.1) is 0 Å². The van der Waals surface area contributed by atoms with Crippen LogP contribution in [0.15, 0.2) is 0 Å². The van der Waals surface area contributed by atoms with Crippen LogP contribution in [0.5, 0.6) is 0 Å². The Hall–Kier alpha value is -2.12. The zero-order valence-electron chi connectivity index (χ0n) is 15.5. The molecule has 4 N–H and O–H groups in total. The van der Waals surface area contributed by atoms with Gasteiger partial charge in [0, 0.05) is 31.2 Å². The van der Waals surface area contributed by atoms with Gasteiger partial charge in [-0.2, -0.15) is 0 Å². The lowest BCUT2D eigenvalue weighted by Gasteiger charge is -2.34. The predicted octanol–water partition coefficient (Wildman–Crippen LogP) is 2.80. The van der Waals surface area contributed by atoms with E-state index in [1.165, 1.54) is 0 Å². The average molecular weight is 373 g/mol. The molecule has 0 fully saturated rings. The fourth-order valence-electron chi connectivity index (χ4n) is 2.85. The normalized spacial score (nSPS) is 11.1. The average Bonchev–Trinajstić information content (AvgIpc) is 2.55. The predicted molar refractivity (Wildman–Crippen MR) is 94.9 cm³/mol. The molecular weight excluding hydrogens is 342 g/mol. The molecule has 0 spiro atoms. The van der Waals surface area contributed by atoms with E-state index >= 15 is 0 Å². The first-order valence-corrected chi connectivity index (χ1v) is 9.17. The van der Waals surface area contributed by atoms with Crippen molar-refractivity contribution in [2.24, 2.45) is 0 Å². The minimum atomic E-state index is -1.13. The van der Waals surface area contributed by atoms with Gasteiger partial charge in [-0.05, 0) is 25.7 Å². The Morgan fingerprint density at radius 2 is 1.12 bits per heavy atom. The van der Waals surface area contributed by atoms with E-state index in [9.17, 15) is 19.2 Å². The lowest BCUT2D eigenvalue weighted by molar-refractivity contribution is -0.139. The third-order valence-electron chi connectivity index (χ3n) is 4.36. The second-order valence-corrected chi connectivity index (χ2v) is 6.67. The fraction of sp³-hybridized carbons (Fsp3) is 0.778. The quantitative estimate of drug-likeness (QED) is 0.305. The largest absolute Gasteiger partial charge is 0.481 e. The van der Waals surface area contributed by atoms with Crippen LogP contribution in [0.1, 0.15) is 84.0 Å². The molecule has 0 aliphatic heterocycles. The molecule has 26 heavy (non-hydrogen) atoms. The molecule has 0 atom stereocenters. The molecule has 0 aromatic carbocycles. The van der Waals surface area contributed by atoms with Gasteiger partial charge < -0.3 is 20.6 Å². The Labute approximate surface area is 154 Å². The lowest BCUT2D eigenvalue weighted by atomic mass is 9.83. The number of hydrogen-bond donors (Lipinski definition) is 4. The minimum absolute atomic E-state index is 0.00443. The maximum absolute atomic E-state index is 12.3. The van der Waals surface area contributed by atoms with Crippen molar-refractivity contribution in [2.75, 3.05) is 0 Å². The van der Waals surface area contributed by atoms with Crippen LogP contribution in [-0.4, -0.2) is 44.7 Å². The number of carbonyl (C=O) groups excluding carboxylic acids is 1. The SMILES string of the molecule is CCCCCCCC(=O)NC(CCC(=O)O)(CCC(=O)O)CCC(=O)O. The molecule has 8 heteroatoms. The van der Waals surface area contributed by atoms with Gasteiger partial charge in [-0.3, -0.25) is 19.2 Å². The molecule has 0 bridgehead atoms. The Bertz CT molecular complexity index is 431. The van der Waals surface area contributed by atoms with E-state index in [1.807, 2.05) is 0 Å². The highest BCUT2D eigenvalue weighted by Gasteiger charge is 2.33. The molecule has 1 amide bonds. The minimum Gasteiger partial charge on any atom is -0.481 e. The molecule has 0 aromatic rings. The van der Waals surface area contributed by atoms with E-state index in [-0.39, 0.29) is 50.9 Å².